The second-order valence-electron chi connectivity index (χ2n) is 6.28. The first-order valence-electron chi connectivity index (χ1n) is 9.01. The minimum Gasteiger partial charge on any atom is -0.507 e. The maximum absolute atomic E-state index is 10.5. The molecule has 1 N–H and O–H groups in total. The van der Waals surface area contributed by atoms with Gasteiger partial charge in [-0.2, -0.15) is 0 Å². The first kappa shape index (κ1) is 18.4. The Labute approximate surface area is 168 Å². The lowest BCUT2D eigenvalue weighted by Crippen LogP contribution is -2.00. The standard InChI is InChI=1S/C23H19N3O3/c1-28-17-10-8-16(9-11-17)22-24-21(15-6-4-3-5-7-15)25-23(26-22)19-13-12-18(29-2)14-20(19)27/h3-14,27H,1-2H3. The van der Waals surface area contributed by atoms with Crippen LogP contribution in [0.2, 0.25) is 0 Å². The fraction of sp³-hybridized carbons (Fsp3) is 0.0870. The van der Waals surface area contributed by atoms with Gasteiger partial charge in [-0.1, -0.05) is 30.3 Å². The quantitative estimate of drug-likeness (QED) is 0.541. The van der Waals surface area contributed by atoms with E-state index in [-0.39, 0.29) is 5.75 Å². The highest BCUT2D eigenvalue weighted by Gasteiger charge is 2.15. The Balaban J connectivity index is 1.88. The summed E-state index contributed by atoms with van der Waals surface area (Å²) in [6.45, 7) is 0. The highest BCUT2D eigenvalue weighted by atomic mass is 16.5. The van der Waals surface area contributed by atoms with Gasteiger partial charge in [0.15, 0.2) is 17.5 Å². The molecule has 0 saturated heterocycles. The lowest BCUT2D eigenvalue weighted by molar-refractivity contribution is 0.408. The van der Waals surface area contributed by atoms with Crippen LogP contribution in [0.3, 0.4) is 0 Å². The molecule has 0 radical (unpaired) electrons. The van der Waals surface area contributed by atoms with E-state index in [4.69, 9.17) is 9.47 Å². The summed E-state index contributed by atoms with van der Waals surface area (Å²) >= 11 is 0. The molecule has 4 aromatic rings. The van der Waals surface area contributed by atoms with Crippen molar-refractivity contribution in [3.05, 3.63) is 72.8 Å². The first-order chi connectivity index (χ1) is 14.2. The molecule has 1 aromatic heterocycles. The Morgan fingerprint density at radius 1 is 0.621 bits per heavy atom. The molecular formula is C23H19N3O3. The maximum atomic E-state index is 10.5. The summed E-state index contributed by atoms with van der Waals surface area (Å²) in [7, 11) is 3.17. The van der Waals surface area contributed by atoms with Crippen LogP contribution in [0.4, 0.5) is 0 Å². The molecule has 6 heteroatoms. The molecule has 0 bridgehead atoms. The highest BCUT2D eigenvalue weighted by molar-refractivity contribution is 5.70. The van der Waals surface area contributed by atoms with E-state index in [1.165, 1.54) is 6.07 Å². The summed E-state index contributed by atoms with van der Waals surface area (Å²) in [6, 6.07) is 22.2. The van der Waals surface area contributed by atoms with Gasteiger partial charge in [-0.3, -0.25) is 0 Å². The number of rotatable bonds is 5. The number of hydrogen-bond donors (Lipinski definition) is 1. The molecule has 0 amide bonds. The van der Waals surface area contributed by atoms with Crippen molar-refractivity contribution in [1.82, 2.24) is 15.0 Å². The predicted molar refractivity (Wildman–Crippen MR) is 111 cm³/mol. The van der Waals surface area contributed by atoms with Gasteiger partial charge < -0.3 is 14.6 Å². The van der Waals surface area contributed by atoms with E-state index in [0.29, 0.717) is 28.8 Å². The zero-order chi connectivity index (χ0) is 20.2. The zero-order valence-electron chi connectivity index (χ0n) is 16.0. The number of phenolic OH excluding ortho intramolecular Hbond substituents is 1. The SMILES string of the molecule is COc1ccc(-c2nc(-c3ccccc3)nc(-c3ccc(OC)cc3O)n2)cc1. The van der Waals surface area contributed by atoms with Gasteiger partial charge in [0.2, 0.25) is 0 Å². The van der Waals surface area contributed by atoms with E-state index in [2.05, 4.69) is 15.0 Å². The minimum atomic E-state index is 0.0373. The van der Waals surface area contributed by atoms with E-state index >= 15 is 0 Å². The largest absolute Gasteiger partial charge is 0.507 e. The van der Waals surface area contributed by atoms with Gasteiger partial charge in [-0.15, -0.1) is 0 Å². The van der Waals surface area contributed by atoms with Crippen molar-refractivity contribution in [2.24, 2.45) is 0 Å². The molecule has 144 valence electrons. The van der Waals surface area contributed by atoms with Gasteiger partial charge in [-0.25, -0.2) is 15.0 Å². The molecular weight excluding hydrogens is 366 g/mol. The van der Waals surface area contributed by atoms with Crippen LogP contribution < -0.4 is 9.47 Å². The van der Waals surface area contributed by atoms with Crippen molar-refractivity contribution in [1.29, 1.82) is 0 Å². The molecule has 4 rings (SSSR count). The third-order valence-corrected chi connectivity index (χ3v) is 4.46. The Hall–Kier alpha value is -3.93. The van der Waals surface area contributed by atoms with Gasteiger partial charge in [0, 0.05) is 17.2 Å². The van der Waals surface area contributed by atoms with E-state index in [0.717, 1.165) is 16.9 Å². The molecule has 3 aromatic carbocycles. The number of aromatic hydroxyl groups is 1. The summed E-state index contributed by atoms with van der Waals surface area (Å²) < 4.78 is 10.4. The van der Waals surface area contributed by atoms with E-state index in [9.17, 15) is 5.11 Å². The van der Waals surface area contributed by atoms with Crippen LogP contribution in [0.25, 0.3) is 34.2 Å². The lowest BCUT2D eigenvalue weighted by atomic mass is 10.1. The van der Waals surface area contributed by atoms with Crippen molar-refractivity contribution >= 4 is 0 Å². The Morgan fingerprint density at radius 2 is 1.17 bits per heavy atom. The van der Waals surface area contributed by atoms with E-state index in [1.807, 2.05) is 54.6 Å². The summed E-state index contributed by atoms with van der Waals surface area (Å²) in [4.78, 5) is 13.9. The van der Waals surface area contributed by atoms with Crippen LogP contribution in [0, 0.1) is 0 Å². The fourth-order valence-corrected chi connectivity index (χ4v) is 2.91. The molecule has 0 aliphatic carbocycles. The maximum Gasteiger partial charge on any atom is 0.167 e. The number of methoxy groups -OCH3 is 2. The Morgan fingerprint density at radius 3 is 1.76 bits per heavy atom. The van der Waals surface area contributed by atoms with Crippen molar-refractivity contribution in [2.45, 2.75) is 0 Å². The summed E-state index contributed by atoms with van der Waals surface area (Å²) in [5.74, 6) is 2.75. The molecule has 29 heavy (non-hydrogen) atoms. The Bertz CT molecular complexity index is 1130. The van der Waals surface area contributed by atoms with Gasteiger partial charge in [0.05, 0.1) is 19.8 Å². The third-order valence-electron chi connectivity index (χ3n) is 4.46. The molecule has 0 aliphatic rings. The van der Waals surface area contributed by atoms with Crippen molar-refractivity contribution in [2.75, 3.05) is 14.2 Å². The average molecular weight is 385 g/mol. The van der Waals surface area contributed by atoms with Gasteiger partial charge in [-0.05, 0) is 36.4 Å². The molecule has 6 nitrogen and oxygen atoms in total. The van der Waals surface area contributed by atoms with E-state index in [1.54, 1.807) is 26.4 Å². The van der Waals surface area contributed by atoms with Gasteiger partial charge in [0.25, 0.3) is 0 Å². The van der Waals surface area contributed by atoms with Gasteiger partial charge in [0.1, 0.15) is 17.2 Å². The monoisotopic (exact) mass is 385 g/mol. The molecule has 0 spiro atoms. The van der Waals surface area contributed by atoms with Crippen LogP contribution in [0.1, 0.15) is 0 Å². The second-order valence-corrected chi connectivity index (χ2v) is 6.28. The molecule has 0 saturated carbocycles. The van der Waals surface area contributed by atoms with Crippen LogP contribution in [0.5, 0.6) is 17.2 Å². The normalized spacial score (nSPS) is 10.6. The van der Waals surface area contributed by atoms with E-state index < -0.39 is 0 Å². The van der Waals surface area contributed by atoms with Crippen LogP contribution in [-0.2, 0) is 0 Å². The molecule has 0 fully saturated rings. The topological polar surface area (TPSA) is 77.4 Å². The Kier molecular flexibility index (Phi) is 5.07. The fourth-order valence-electron chi connectivity index (χ4n) is 2.91. The first-order valence-corrected chi connectivity index (χ1v) is 9.01. The van der Waals surface area contributed by atoms with Gasteiger partial charge >= 0.3 is 0 Å². The smallest absolute Gasteiger partial charge is 0.167 e. The number of ether oxygens (including phenoxy) is 2. The lowest BCUT2D eigenvalue weighted by Gasteiger charge is -2.10. The third kappa shape index (κ3) is 3.87. The number of benzene rings is 3. The summed E-state index contributed by atoms with van der Waals surface area (Å²) in [5.41, 5.74) is 2.18. The summed E-state index contributed by atoms with van der Waals surface area (Å²) in [6.07, 6.45) is 0. The summed E-state index contributed by atoms with van der Waals surface area (Å²) in [5, 5.41) is 10.5. The average Bonchev–Trinajstić information content (AvgIpc) is 2.79. The predicted octanol–water partition coefficient (Wildman–Crippen LogP) is 4.60. The second kappa shape index (κ2) is 7.98. The molecule has 0 atom stereocenters. The van der Waals surface area contributed by atoms with Crippen molar-refractivity contribution in [3.63, 3.8) is 0 Å². The highest BCUT2D eigenvalue weighted by Crippen LogP contribution is 2.32. The van der Waals surface area contributed by atoms with Crippen LogP contribution >= 0.6 is 0 Å². The van der Waals surface area contributed by atoms with Crippen molar-refractivity contribution < 1.29 is 14.6 Å². The zero-order valence-corrected chi connectivity index (χ0v) is 16.0. The molecule has 1 heterocycles. The van der Waals surface area contributed by atoms with Crippen LogP contribution in [0.15, 0.2) is 72.8 Å². The number of hydrogen-bond acceptors (Lipinski definition) is 6. The molecule has 0 unspecified atom stereocenters. The van der Waals surface area contributed by atoms with Crippen molar-refractivity contribution in [3.8, 4) is 51.4 Å². The number of nitrogens with zero attached hydrogens (tertiary/aromatic N) is 3. The van der Waals surface area contributed by atoms with Crippen LogP contribution in [-0.4, -0.2) is 34.3 Å². The molecule has 0 aliphatic heterocycles. The number of aromatic nitrogens is 3. The minimum absolute atomic E-state index is 0.0373. The number of phenols is 1.